The second kappa shape index (κ2) is 7.09. The Morgan fingerprint density at radius 3 is 3.21 bits per heavy atom. The molecule has 0 aliphatic carbocycles. The van der Waals surface area contributed by atoms with Gasteiger partial charge in [-0.15, -0.1) is 0 Å². The maximum atomic E-state index is 12.2. The van der Waals surface area contributed by atoms with Gasteiger partial charge in [-0.25, -0.2) is 0 Å². The molecule has 1 saturated heterocycles. The Labute approximate surface area is 113 Å². The number of anilines is 1. The first-order chi connectivity index (χ1) is 9.31. The van der Waals surface area contributed by atoms with Crippen molar-refractivity contribution in [3.63, 3.8) is 0 Å². The molecule has 2 N–H and O–H groups in total. The van der Waals surface area contributed by atoms with Crippen molar-refractivity contribution >= 4 is 11.6 Å². The minimum absolute atomic E-state index is 0.0727. The molecule has 0 spiro atoms. The molecule has 104 valence electrons. The van der Waals surface area contributed by atoms with E-state index >= 15 is 0 Å². The van der Waals surface area contributed by atoms with Gasteiger partial charge in [0.15, 0.2) is 0 Å². The zero-order valence-corrected chi connectivity index (χ0v) is 11.3. The molecule has 1 fully saturated rings. The van der Waals surface area contributed by atoms with Crippen molar-refractivity contribution < 1.29 is 9.53 Å². The van der Waals surface area contributed by atoms with Gasteiger partial charge in [0, 0.05) is 25.9 Å². The summed E-state index contributed by atoms with van der Waals surface area (Å²) in [5.74, 6) is -0.0727. The minimum Gasteiger partial charge on any atom is -0.383 e. The highest BCUT2D eigenvalue weighted by molar-refractivity contribution is 5.99. The van der Waals surface area contributed by atoms with Gasteiger partial charge in [0.1, 0.15) is 0 Å². The summed E-state index contributed by atoms with van der Waals surface area (Å²) in [6, 6.07) is 1.74. The Balaban J connectivity index is 1.93. The normalized spacial score (nSPS) is 18.3. The summed E-state index contributed by atoms with van der Waals surface area (Å²) in [6.07, 6.45) is 6.61. The number of amides is 1. The van der Waals surface area contributed by atoms with Crippen molar-refractivity contribution in [3.8, 4) is 0 Å². The van der Waals surface area contributed by atoms with Gasteiger partial charge >= 0.3 is 0 Å². The smallest absolute Gasteiger partial charge is 0.253 e. The predicted molar refractivity (Wildman–Crippen MR) is 74.3 cm³/mol. The lowest BCUT2D eigenvalue weighted by Crippen LogP contribution is -2.32. The fourth-order valence-corrected chi connectivity index (χ4v) is 2.10. The average molecular weight is 263 g/mol. The van der Waals surface area contributed by atoms with E-state index in [0.717, 1.165) is 38.1 Å². The van der Waals surface area contributed by atoms with Crippen molar-refractivity contribution in [2.24, 2.45) is 0 Å². The van der Waals surface area contributed by atoms with Crippen LogP contribution in [-0.4, -0.2) is 36.7 Å². The molecular formula is C14H21N3O2. The van der Waals surface area contributed by atoms with Crippen LogP contribution in [0.5, 0.6) is 0 Å². The monoisotopic (exact) mass is 263 g/mol. The topological polar surface area (TPSA) is 63.2 Å². The third-order valence-corrected chi connectivity index (χ3v) is 3.15. The Morgan fingerprint density at radius 2 is 2.47 bits per heavy atom. The molecule has 1 unspecified atom stereocenters. The van der Waals surface area contributed by atoms with Crippen molar-refractivity contribution in [3.05, 3.63) is 24.0 Å². The lowest BCUT2D eigenvalue weighted by molar-refractivity contribution is 0.0858. The number of ether oxygens (including phenoxy) is 1. The Kier molecular flexibility index (Phi) is 5.15. The van der Waals surface area contributed by atoms with Gasteiger partial charge in [-0.3, -0.25) is 9.78 Å². The maximum absolute atomic E-state index is 12.2. The summed E-state index contributed by atoms with van der Waals surface area (Å²) < 4.78 is 5.49. The number of carbonyl (C=O) groups excluding carboxylic acids is 1. The van der Waals surface area contributed by atoms with E-state index in [-0.39, 0.29) is 12.0 Å². The molecular weight excluding hydrogens is 242 g/mol. The van der Waals surface area contributed by atoms with Crippen LogP contribution >= 0.6 is 0 Å². The lowest BCUT2D eigenvalue weighted by Gasteiger charge is -2.13. The van der Waals surface area contributed by atoms with Gasteiger partial charge in [-0.05, 0) is 25.3 Å². The summed E-state index contributed by atoms with van der Waals surface area (Å²) in [5.41, 5.74) is 1.43. The summed E-state index contributed by atoms with van der Waals surface area (Å²) in [6.45, 7) is 4.30. The fourth-order valence-electron chi connectivity index (χ4n) is 2.10. The number of nitrogens with zero attached hydrogens (tertiary/aromatic N) is 1. The summed E-state index contributed by atoms with van der Waals surface area (Å²) >= 11 is 0. The van der Waals surface area contributed by atoms with Crippen molar-refractivity contribution in [2.75, 3.05) is 25.0 Å². The largest absolute Gasteiger partial charge is 0.383 e. The van der Waals surface area contributed by atoms with Crippen molar-refractivity contribution in [1.29, 1.82) is 0 Å². The van der Waals surface area contributed by atoms with Crippen LogP contribution in [0, 0.1) is 0 Å². The molecule has 2 rings (SSSR count). The molecule has 1 atom stereocenters. The summed E-state index contributed by atoms with van der Waals surface area (Å²) in [7, 11) is 0. The standard InChI is InChI=1S/C14H21N3O2/c1-2-6-16-13-10-15-7-5-12(13)14(18)17-9-11-4-3-8-19-11/h5,7,10-11,16H,2-4,6,8-9H2,1H3,(H,17,18). The van der Waals surface area contributed by atoms with E-state index in [2.05, 4.69) is 22.5 Å². The number of hydrogen-bond donors (Lipinski definition) is 2. The van der Waals surface area contributed by atoms with E-state index < -0.39 is 0 Å². The van der Waals surface area contributed by atoms with Gasteiger partial charge in [-0.1, -0.05) is 6.92 Å². The quantitative estimate of drug-likeness (QED) is 0.821. The SMILES string of the molecule is CCCNc1cnccc1C(=O)NCC1CCCO1. The molecule has 0 radical (unpaired) electrons. The van der Waals surface area contributed by atoms with E-state index in [1.165, 1.54) is 0 Å². The maximum Gasteiger partial charge on any atom is 0.253 e. The molecule has 0 aromatic carbocycles. The molecule has 5 heteroatoms. The molecule has 1 aliphatic heterocycles. The van der Waals surface area contributed by atoms with E-state index in [1.54, 1.807) is 18.5 Å². The van der Waals surface area contributed by atoms with Crippen LogP contribution in [0.1, 0.15) is 36.5 Å². The van der Waals surface area contributed by atoms with Gasteiger partial charge in [0.25, 0.3) is 5.91 Å². The Morgan fingerprint density at radius 1 is 1.58 bits per heavy atom. The lowest BCUT2D eigenvalue weighted by atomic mass is 10.2. The van der Waals surface area contributed by atoms with Crippen LogP contribution in [-0.2, 0) is 4.74 Å². The summed E-state index contributed by atoms with van der Waals surface area (Å²) in [4.78, 5) is 16.2. The first-order valence-electron chi connectivity index (χ1n) is 6.89. The number of nitrogens with one attached hydrogen (secondary N) is 2. The Bertz CT molecular complexity index is 417. The van der Waals surface area contributed by atoms with E-state index in [4.69, 9.17) is 4.74 Å². The second-order valence-electron chi connectivity index (χ2n) is 4.69. The van der Waals surface area contributed by atoms with Crippen LogP contribution in [0.3, 0.4) is 0 Å². The third-order valence-electron chi connectivity index (χ3n) is 3.15. The van der Waals surface area contributed by atoms with Gasteiger partial charge in [0.2, 0.25) is 0 Å². The van der Waals surface area contributed by atoms with Crippen LogP contribution in [0.15, 0.2) is 18.5 Å². The number of rotatable bonds is 6. The molecule has 0 bridgehead atoms. The van der Waals surface area contributed by atoms with E-state index in [0.29, 0.717) is 12.1 Å². The minimum atomic E-state index is -0.0727. The molecule has 1 aliphatic rings. The molecule has 1 aromatic heterocycles. The number of hydrogen-bond acceptors (Lipinski definition) is 4. The second-order valence-corrected chi connectivity index (χ2v) is 4.69. The number of aromatic nitrogens is 1. The molecule has 2 heterocycles. The van der Waals surface area contributed by atoms with Crippen LogP contribution in [0.2, 0.25) is 0 Å². The number of carbonyl (C=O) groups is 1. The molecule has 5 nitrogen and oxygen atoms in total. The van der Waals surface area contributed by atoms with E-state index in [9.17, 15) is 4.79 Å². The first kappa shape index (κ1) is 13.8. The highest BCUT2D eigenvalue weighted by atomic mass is 16.5. The van der Waals surface area contributed by atoms with Crippen molar-refractivity contribution in [1.82, 2.24) is 10.3 Å². The zero-order valence-electron chi connectivity index (χ0n) is 11.3. The molecule has 0 saturated carbocycles. The summed E-state index contributed by atoms with van der Waals surface area (Å²) in [5, 5.41) is 6.14. The van der Waals surface area contributed by atoms with Crippen LogP contribution in [0.25, 0.3) is 0 Å². The predicted octanol–water partition coefficient (Wildman–Crippen LogP) is 1.81. The fraction of sp³-hybridized carbons (Fsp3) is 0.571. The van der Waals surface area contributed by atoms with Crippen LogP contribution in [0.4, 0.5) is 5.69 Å². The van der Waals surface area contributed by atoms with Crippen LogP contribution < -0.4 is 10.6 Å². The molecule has 1 amide bonds. The first-order valence-corrected chi connectivity index (χ1v) is 6.89. The van der Waals surface area contributed by atoms with Gasteiger partial charge < -0.3 is 15.4 Å². The highest BCUT2D eigenvalue weighted by Gasteiger charge is 2.17. The third kappa shape index (κ3) is 3.92. The number of pyridine rings is 1. The van der Waals surface area contributed by atoms with Gasteiger partial charge in [0.05, 0.1) is 23.6 Å². The molecule has 19 heavy (non-hydrogen) atoms. The average Bonchev–Trinajstić information content (AvgIpc) is 2.96. The van der Waals surface area contributed by atoms with Crippen molar-refractivity contribution in [2.45, 2.75) is 32.3 Å². The van der Waals surface area contributed by atoms with Gasteiger partial charge in [-0.2, -0.15) is 0 Å². The Hall–Kier alpha value is -1.62. The molecule has 1 aromatic rings. The van der Waals surface area contributed by atoms with E-state index in [1.807, 2.05) is 0 Å². The zero-order chi connectivity index (χ0) is 13.5. The highest BCUT2D eigenvalue weighted by Crippen LogP contribution is 2.14.